The molecule has 0 aromatic heterocycles. The van der Waals surface area contributed by atoms with E-state index in [-0.39, 0.29) is 6.42 Å². The van der Waals surface area contributed by atoms with Gasteiger partial charge in [-0.3, -0.25) is 4.79 Å². The summed E-state index contributed by atoms with van der Waals surface area (Å²) in [5, 5.41) is 76.4. The van der Waals surface area contributed by atoms with Crippen molar-refractivity contribution in [2.45, 2.75) is 435 Å². The predicted molar refractivity (Wildman–Crippen MR) is 344 cm³/mol. The number of nitrogens with one attached hydrogen (secondary N) is 1. The molecule has 490 valence electrons. The Morgan fingerprint density at radius 2 is 0.634 bits per heavy atom. The van der Waals surface area contributed by atoms with Gasteiger partial charge < -0.3 is 50.5 Å². The summed E-state index contributed by atoms with van der Waals surface area (Å²) in [7, 11) is 0. The van der Waals surface area contributed by atoms with Crippen molar-refractivity contribution >= 4 is 5.91 Å². The zero-order valence-electron chi connectivity index (χ0n) is 54.3. The number of amides is 1. The van der Waals surface area contributed by atoms with E-state index in [1.807, 2.05) is 0 Å². The molecule has 8 N–H and O–H groups in total. The summed E-state index contributed by atoms with van der Waals surface area (Å²) < 4.78 is 11.2. The molecule has 0 saturated carbocycles. The van der Waals surface area contributed by atoms with Crippen LogP contribution in [0.1, 0.15) is 380 Å². The quantitative estimate of drug-likeness (QED) is 0.0272. The van der Waals surface area contributed by atoms with Crippen molar-refractivity contribution in [3.8, 4) is 0 Å². The number of carbonyl (C=O) groups excluding carboxylic acids is 1. The fraction of sp³-hybridized carbons (Fsp3) is 0.986. The Morgan fingerprint density at radius 3 is 0.902 bits per heavy atom. The molecule has 1 aliphatic rings. The highest BCUT2D eigenvalue weighted by Crippen LogP contribution is 2.24. The molecule has 9 atom stereocenters. The lowest BCUT2D eigenvalue weighted by molar-refractivity contribution is -0.303. The summed E-state index contributed by atoms with van der Waals surface area (Å²) >= 11 is 0. The maximum absolute atomic E-state index is 13.2. The van der Waals surface area contributed by atoms with E-state index in [4.69, 9.17) is 9.47 Å². The Labute approximate surface area is 507 Å². The van der Waals surface area contributed by atoms with Gasteiger partial charge in [-0.15, -0.1) is 0 Å². The van der Waals surface area contributed by atoms with Crippen LogP contribution in [0.4, 0.5) is 0 Å². The van der Waals surface area contributed by atoms with Crippen LogP contribution in [0.15, 0.2) is 0 Å². The number of hydrogen-bond acceptors (Lipinski definition) is 10. The number of ether oxygens (including phenoxy) is 2. The molecule has 0 aliphatic carbocycles. The number of aliphatic hydroxyl groups excluding tert-OH is 7. The first-order valence-corrected chi connectivity index (χ1v) is 36.4. The third-order valence-electron chi connectivity index (χ3n) is 18.2. The first kappa shape index (κ1) is 79.1. The molecule has 1 fully saturated rings. The fourth-order valence-corrected chi connectivity index (χ4v) is 12.3. The lowest BCUT2D eigenvalue weighted by Crippen LogP contribution is -2.60. The molecule has 1 aliphatic heterocycles. The van der Waals surface area contributed by atoms with E-state index in [0.29, 0.717) is 19.3 Å². The smallest absolute Gasteiger partial charge is 0.249 e. The van der Waals surface area contributed by atoms with Crippen molar-refractivity contribution in [1.29, 1.82) is 0 Å². The van der Waals surface area contributed by atoms with Gasteiger partial charge in [0.2, 0.25) is 5.91 Å². The van der Waals surface area contributed by atoms with Crippen LogP contribution >= 0.6 is 0 Å². The first-order chi connectivity index (χ1) is 40.2. The molecule has 0 aromatic rings. The molecule has 0 radical (unpaired) electrons. The maximum Gasteiger partial charge on any atom is 0.249 e. The Bertz CT molecular complexity index is 1290. The molecule has 1 heterocycles. The lowest BCUT2D eigenvalue weighted by atomic mass is 9.98. The van der Waals surface area contributed by atoms with Gasteiger partial charge in [0.15, 0.2) is 6.29 Å². The van der Waals surface area contributed by atoms with Crippen molar-refractivity contribution in [1.82, 2.24) is 5.32 Å². The average Bonchev–Trinajstić information content (AvgIpc) is 3.53. The normalized spacial score (nSPS) is 19.0. The second-order valence-electron chi connectivity index (χ2n) is 26.0. The summed E-state index contributed by atoms with van der Waals surface area (Å²) in [4.78, 5) is 13.2. The highest BCUT2D eigenvalue weighted by atomic mass is 16.7. The largest absolute Gasteiger partial charge is 0.394 e. The second kappa shape index (κ2) is 60.4. The zero-order chi connectivity index (χ0) is 59.6. The highest BCUT2D eigenvalue weighted by molar-refractivity contribution is 5.80. The van der Waals surface area contributed by atoms with Gasteiger partial charge in [-0.1, -0.05) is 367 Å². The minimum absolute atomic E-state index is 0.268. The van der Waals surface area contributed by atoms with Crippen LogP contribution in [0.3, 0.4) is 0 Å². The minimum Gasteiger partial charge on any atom is -0.394 e. The van der Waals surface area contributed by atoms with Crippen LogP contribution in [-0.4, -0.2) is 110 Å². The topological polar surface area (TPSA) is 189 Å². The van der Waals surface area contributed by atoms with Gasteiger partial charge in [0.05, 0.1) is 25.4 Å². The van der Waals surface area contributed by atoms with Crippen LogP contribution in [0.5, 0.6) is 0 Å². The van der Waals surface area contributed by atoms with E-state index in [1.165, 1.54) is 302 Å². The highest BCUT2D eigenvalue weighted by Gasteiger charge is 2.44. The predicted octanol–water partition coefficient (Wildman–Crippen LogP) is 17.6. The van der Waals surface area contributed by atoms with E-state index in [1.54, 1.807) is 0 Å². The molecule has 0 aromatic carbocycles. The summed E-state index contributed by atoms with van der Waals surface area (Å²) in [6.07, 6.45) is 62.1. The van der Waals surface area contributed by atoms with Crippen molar-refractivity contribution in [2.24, 2.45) is 0 Å². The third-order valence-corrected chi connectivity index (χ3v) is 18.2. The van der Waals surface area contributed by atoms with E-state index in [2.05, 4.69) is 19.2 Å². The van der Waals surface area contributed by atoms with E-state index in [9.17, 15) is 40.5 Å². The van der Waals surface area contributed by atoms with Crippen LogP contribution in [0.2, 0.25) is 0 Å². The Morgan fingerprint density at radius 1 is 0.378 bits per heavy atom. The Hall–Kier alpha value is -0.890. The molecule has 0 bridgehead atoms. The van der Waals surface area contributed by atoms with Gasteiger partial charge >= 0.3 is 0 Å². The standard InChI is InChI=1S/C71H141NO10/c1-3-5-7-9-11-13-15-17-19-21-22-23-24-25-26-27-28-29-30-31-32-33-34-35-36-37-38-39-40-41-43-45-47-49-51-53-55-57-59-64(75)70(80)72-62(61-81-71-69(79)68(78)67(77)65(60-73)82-71)66(76)63(74)58-56-54-52-50-48-46-44-42-20-18-16-14-12-10-8-6-4-2/h62-69,71,73-79H,3-61H2,1-2H3,(H,72,80). The summed E-state index contributed by atoms with van der Waals surface area (Å²) in [6, 6.07) is -1.16. The molecular formula is C71H141NO10. The van der Waals surface area contributed by atoms with Gasteiger partial charge in [0.1, 0.15) is 36.6 Å². The Kier molecular flexibility index (Phi) is 58.3. The van der Waals surface area contributed by atoms with E-state index < -0.39 is 74.2 Å². The van der Waals surface area contributed by atoms with Crippen molar-refractivity contribution < 1.29 is 50.0 Å². The third kappa shape index (κ3) is 47.2. The summed E-state index contributed by atoms with van der Waals surface area (Å²) in [5.41, 5.74) is 0. The minimum atomic E-state index is -1.66. The number of carbonyl (C=O) groups is 1. The maximum atomic E-state index is 13.2. The first-order valence-electron chi connectivity index (χ1n) is 36.4. The van der Waals surface area contributed by atoms with Gasteiger partial charge in [-0.05, 0) is 12.8 Å². The molecule has 1 amide bonds. The lowest BCUT2D eigenvalue weighted by Gasteiger charge is -2.40. The van der Waals surface area contributed by atoms with Crippen molar-refractivity contribution in [3.63, 3.8) is 0 Å². The van der Waals surface area contributed by atoms with E-state index >= 15 is 0 Å². The summed E-state index contributed by atoms with van der Waals surface area (Å²) in [6.45, 7) is 3.52. The average molecular weight is 1170 g/mol. The van der Waals surface area contributed by atoms with Crippen molar-refractivity contribution in [3.05, 3.63) is 0 Å². The van der Waals surface area contributed by atoms with Crippen LogP contribution in [0, 0.1) is 0 Å². The van der Waals surface area contributed by atoms with Crippen LogP contribution in [-0.2, 0) is 14.3 Å². The monoisotopic (exact) mass is 1170 g/mol. The molecule has 0 spiro atoms. The van der Waals surface area contributed by atoms with Gasteiger partial charge in [0, 0.05) is 0 Å². The molecular weight excluding hydrogens is 1030 g/mol. The molecule has 1 rings (SSSR count). The molecule has 82 heavy (non-hydrogen) atoms. The fourth-order valence-electron chi connectivity index (χ4n) is 12.3. The zero-order valence-corrected chi connectivity index (χ0v) is 54.3. The van der Waals surface area contributed by atoms with Gasteiger partial charge in [-0.25, -0.2) is 0 Å². The molecule has 11 heteroatoms. The second-order valence-corrected chi connectivity index (χ2v) is 26.0. The van der Waals surface area contributed by atoms with Crippen LogP contribution in [0.25, 0.3) is 0 Å². The number of unbranched alkanes of at least 4 members (excludes halogenated alkanes) is 53. The molecule has 9 unspecified atom stereocenters. The Balaban J connectivity index is 2.09. The van der Waals surface area contributed by atoms with Crippen LogP contribution < -0.4 is 5.32 Å². The molecule has 11 nitrogen and oxygen atoms in total. The molecule has 1 saturated heterocycles. The number of rotatable bonds is 65. The van der Waals surface area contributed by atoms with Gasteiger partial charge in [0.25, 0.3) is 0 Å². The summed E-state index contributed by atoms with van der Waals surface area (Å²) in [5.74, 6) is -0.687. The van der Waals surface area contributed by atoms with E-state index in [0.717, 1.165) is 38.5 Å². The number of hydrogen-bond donors (Lipinski definition) is 8. The SMILES string of the molecule is CCCCCCCCCCCCCCCCCCCCCCCCCCCCCCCCCCCCCCCCC(O)C(=O)NC(COC1OC(CO)C(O)C(O)C1O)C(O)C(O)CCCCCCCCCCCCCCCCCCC. The van der Waals surface area contributed by atoms with Gasteiger partial charge in [-0.2, -0.15) is 0 Å². The number of aliphatic hydroxyl groups is 7. The van der Waals surface area contributed by atoms with Crippen molar-refractivity contribution in [2.75, 3.05) is 13.2 Å².